The van der Waals surface area contributed by atoms with Crippen LogP contribution in [0.2, 0.25) is 0 Å². The third-order valence-corrected chi connectivity index (χ3v) is 10.5. The van der Waals surface area contributed by atoms with Crippen LogP contribution in [0.15, 0.2) is 12.2 Å². The third kappa shape index (κ3) is 42.0. The molecular formula is C48H92NO8+. The molecule has 0 aromatic rings. The van der Waals surface area contributed by atoms with Crippen molar-refractivity contribution in [1.29, 1.82) is 0 Å². The van der Waals surface area contributed by atoms with E-state index in [1.165, 1.54) is 135 Å². The Kier molecular flexibility index (Phi) is 39.4. The molecule has 0 aliphatic heterocycles. The fourth-order valence-corrected chi connectivity index (χ4v) is 6.77. The maximum absolute atomic E-state index is 12.7. The Bertz CT molecular complexity index is 949. The van der Waals surface area contributed by atoms with Gasteiger partial charge in [0.05, 0.1) is 34.4 Å². The second kappa shape index (κ2) is 40.8. The van der Waals surface area contributed by atoms with E-state index in [2.05, 4.69) is 26.0 Å². The Hall–Kier alpha value is -1.97. The Morgan fingerprint density at radius 1 is 0.509 bits per heavy atom. The number of hydrogen-bond acceptors (Lipinski definition) is 7. The summed E-state index contributed by atoms with van der Waals surface area (Å²) in [4.78, 5) is 37.1. The molecule has 0 fully saturated rings. The van der Waals surface area contributed by atoms with Crippen molar-refractivity contribution in [1.82, 2.24) is 0 Å². The first-order valence-electron chi connectivity index (χ1n) is 23.9. The molecule has 0 heterocycles. The predicted octanol–water partition coefficient (Wildman–Crippen LogP) is 12.7. The Balaban J connectivity index is 4.30. The fraction of sp³-hybridized carbons (Fsp3) is 0.896. The maximum atomic E-state index is 12.7. The van der Waals surface area contributed by atoms with Gasteiger partial charge in [0.2, 0.25) is 0 Å². The number of unbranched alkanes of at least 4 members (excludes halogenated alkanes) is 27. The number of carboxylic acid groups (broad SMARTS) is 1. The highest BCUT2D eigenvalue weighted by Gasteiger charge is 2.25. The first kappa shape index (κ1) is 55.0. The molecule has 0 radical (unpaired) electrons. The number of ether oxygens (including phenoxy) is 4. The number of nitrogens with zero attached hydrogens (tertiary/aromatic N) is 1. The number of carboxylic acids is 1. The number of carbonyl (C=O) groups excluding carboxylic acids is 2. The molecule has 0 bridgehead atoms. The summed E-state index contributed by atoms with van der Waals surface area (Å²) in [6, 6.07) is 0. The van der Waals surface area contributed by atoms with Crippen LogP contribution < -0.4 is 0 Å². The number of carbonyl (C=O) groups is 3. The minimum absolute atomic E-state index is 0.180. The van der Waals surface area contributed by atoms with E-state index < -0.39 is 24.3 Å². The lowest BCUT2D eigenvalue weighted by molar-refractivity contribution is -0.870. The van der Waals surface area contributed by atoms with Gasteiger partial charge in [-0.25, -0.2) is 4.79 Å². The van der Waals surface area contributed by atoms with Gasteiger partial charge in [-0.1, -0.05) is 180 Å². The van der Waals surface area contributed by atoms with Crippen molar-refractivity contribution >= 4 is 17.9 Å². The van der Waals surface area contributed by atoms with Crippen molar-refractivity contribution in [2.24, 2.45) is 0 Å². The molecule has 9 nitrogen and oxygen atoms in total. The van der Waals surface area contributed by atoms with Gasteiger partial charge in [0.15, 0.2) is 6.10 Å². The van der Waals surface area contributed by atoms with E-state index in [-0.39, 0.29) is 32.2 Å². The van der Waals surface area contributed by atoms with Crippen LogP contribution >= 0.6 is 0 Å². The molecule has 0 aliphatic rings. The Labute approximate surface area is 351 Å². The van der Waals surface area contributed by atoms with Gasteiger partial charge in [-0.15, -0.1) is 0 Å². The van der Waals surface area contributed by atoms with E-state index in [4.69, 9.17) is 18.9 Å². The van der Waals surface area contributed by atoms with Gasteiger partial charge < -0.3 is 28.5 Å². The van der Waals surface area contributed by atoms with Crippen LogP contribution in [0.25, 0.3) is 0 Å². The molecule has 9 heteroatoms. The average molecular weight is 811 g/mol. The van der Waals surface area contributed by atoms with Crippen LogP contribution in [0, 0.1) is 0 Å². The van der Waals surface area contributed by atoms with E-state index >= 15 is 0 Å². The highest BCUT2D eigenvalue weighted by molar-refractivity contribution is 5.71. The molecule has 0 aliphatic carbocycles. The first-order valence-corrected chi connectivity index (χ1v) is 23.9. The lowest BCUT2D eigenvalue weighted by Crippen LogP contribution is -2.40. The molecule has 0 saturated carbocycles. The molecule has 0 amide bonds. The van der Waals surface area contributed by atoms with Crippen LogP contribution in [-0.4, -0.2) is 87.4 Å². The van der Waals surface area contributed by atoms with Gasteiger partial charge in [-0.05, 0) is 38.5 Å². The standard InChI is InChI=1S/C48H91NO8/c1-6-8-10-12-14-16-18-20-21-22-23-24-25-26-27-29-30-32-34-36-38-45(50)55-42-44(43-56-48(47(52)53)54-41-40-49(3,4)5)57-46(51)39-37-35-33-31-28-19-17-15-13-11-9-7-2/h15,17,44,48H,6-14,16,18-43H2,1-5H3/p+1/b17-15-. The summed E-state index contributed by atoms with van der Waals surface area (Å²) >= 11 is 0. The fourth-order valence-electron chi connectivity index (χ4n) is 6.77. The molecule has 2 atom stereocenters. The summed E-state index contributed by atoms with van der Waals surface area (Å²) in [6.07, 6.45) is 39.9. The number of likely N-dealkylation sites (N-methyl/N-ethyl adjacent to an activating group) is 1. The number of quaternary nitrogens is 1. The van der Waals surface area contributed by atoms with Gasteiger partial charge >= 0.3 is 17.9 Å². The SMILES string of the molecule is CCCCC/C=C\CCCCCCCC(=O)OC(COC(=O)CCCCCCCCCCCCCCCCCCCCCC)COC(OCC[N+](C)(C)C)C(=O)O. The van der Waals surface area contributed by atoms with Crippen LogP contribution in [0.5, 0.6) is 0 Å². The van der Waals surface area contributed by atoms with Crippen molar-refractivity contribution < 1.29 is 42.9 Å². The van der Waals surface area contributed by atoms with Crippen molar-refractivity contribution in [2.75, 3.05) is 47.5 Å². The Morgan fingerprint density at radius 2 is 0.895 bits per heavy atom. The number of allylic oxidation sites excluding steroid dienone is 2. The average Bonchev–Trinajstić information content (AvgIpc) is 3.17. The van der Waals surface area contributed by atoms with Crippen LogP contribution in [0.1, 0.15) is 219 Å². The van der Waals surface area contributed by atoms with Gasteiger partial charge in [0.1, 0.15) is 13.2 Å². The van der Waals surface area contributed by atoms with Crippen LogP contribution in [0.3, 0.4) is 0 Å². The van der Waals surface area contributed by atoms with Crippen molar-refractivity contribution in [3.05, 3.63) is 12.2 Å². The van der Waals surface area contributed by atoms with E-state index in [1.54, 1.807) is 0 Å². The highest BCUT2D eigenvalue weighted by atomic mass is 16.7. The molecular weight excluding hydrogens is 719 g/mol. The first-order chi connectivity index (χ1) is 27.6. The summed E-state index contributed by atoms with van der Waals surface area (Å²) in [7, 11) is 5.96. The predicted molar refractivity (Wildman–Crippen MR) is 235 cm³/mol. The molecule has 0 spiro atoms. The zero-order valence-corrected chi connectivity index (χ0v) is 38.0. The molecule has 57 heavy (non-hydrogen) atoms. The topological polar surface area (TPSA) is 108 Å². The van der Waals surface area contributed by atoms with Gasteiger partial charge in [0.25, 0.3) is 6.29 Å². The lowest BCUT2D eigenvalue weighted by Gasteiger charge is -2.25. The molecule has 0 rings (SSSR count). The molecule has 336 valence electrons. The van der Waals surface area contributed by atoms with E-state index in [1.807, 2.05) is 21.1 Å². The van der Waals surface area contributed by atoms with E-state index in [0.717, 1.165) is 51.4 Å². The zero-order valence-electron chi connectivity index (χ0n) is 38.0. The second-order valence-electron chi connectivity index (χ2n) is 17.4. The molecule has 2 unspecified atom stereocenters. The zero-order chi connectivity index (χ0) is 42.1. The van der Waals surface area contributed by atoms with Crippen molar-refractivity contribution in [3.63, 3.8) is 0 Å². The van der Waals surface area contributed by atoms with E-state index in [0.29, 0.717) is 23.9 Å². The molecule has 0 saturated heterocycles. The summed E-state index contributed by atoms with van der Waals surface area (Å²) in [6.45, 7) is 4.86. The summed E-state index contributed by atoms with van der Waals surface area (Å²) in [5.41, 5.74) is 0. The van der Waals surface area contributed by atoms with Crippen LogP contribution in [-0.2, 0) is 33.3 Å². The minimum Gasteiger partial charge on any atom is -0.477 e. The van der Waals surface area contributed by atoms with Gasteiger partial charge in [-0.3, -0.25) is 9.59 Å². The highest BCUT2D eigenvalue weighted by Crippen LogP contribution is 2.16. The Morgan fingerprint density at radius 3 is 1.33 bits per heavy atom. The largest absolute Gasteiger partial charge is 0.477 e. The monoisotopic (exact) mass is 811 g/mol. The summed E-state index contributed by atoms with van der Waals surface area (Å²) in [5.74, 6) is -2.00. The van der Waals surface area contributed by atoms with E-state index in [9.17, 15) is 19.5 Å². The third-order valence-electron chi connectivity index (χ3n) is 10.5. The van der Waals surface area contributed by atoms with Gasteiger partial charge in [-0.2, -0.15) is 0 Å². The lowest BCUT2D eigenvalue weighted by atomic mass is 10.0. The molecule has 0 aromatic heterocycles. The number of aliphatic carboxylic acids is 1. The summed E-state index contributed by atoms with van der Waals surface area (Å²) < 4.78 is 22.7. The number of esters is 2. The van der Waals surface area contributed by atoms with Crippen LogP contribution in [0.4, 0.5) is 0 Å². The normalized spacial score (nSPS) is 12.9. The van der Waals surface area contributed by atoms with Gasteiger partial charge in [0, 0.05) is 12.8 Å². The molecule has 0 aromatic carbocycles. The quantitative estimate of drug-likeness (QED) is 0.0213. The number of rotatable bonds is 44. The summed E-state index contributed by atoms with van der Waals surface area (Å²) in [5, 5.41) is 9.63. The second-order valence-corrected chi connectivity index (χ2v) is 17.4. The van der Waals surface area contributed by atoms with Crippen molar-refractivity contribution in [3.8, 4) is 0 Å². The maximum Gasteiger partial charge on any atom is 0.361 e. The number of hydrogen-bond donors (Lipinski definition) is 1. The molecule has 1 N–H and O–H groups in total. The minimum atomic E-state index is -1.51. The smallest absolute Gasteiger partial charge is 0.361 e. The van der Waals surface area contributed by atoms with Crippen molar-refractivity contribution in [2.45, 2.75) is 232 Å².